The molecule has 30 heavy (non-hydrogen) atoms. The molecule has 154 valence electrons. The minimum atomic E-state index is -3.56. The van der Waals surface area contributed by atoms with Crippen LogP contribution in [0.15, 0.2) is 46.0 Å². The Labute approximate surface area is 178 Å². The van der Waals surface area contributed by atoms with E-state index in [2.05, 4.69) is 14.7 Å². The van der Waals surface area contributed by atoms with Gasteiger partial charge >= 0.3 is 0 Å². The number of nitrogens with one attached hydrogen (secondary N) is 1. The number of amides is 1. The summed E-state index contributed by atoms with van der Waals surface area (Å²) in [6, 6.07) is 9.95. The number of carbonyl (C=O) groups excluding carboxylic acids is 1. The molecule has 0 saturated heterocycles. The molecule has 0 bridgehead atoms. The lowest BCUT2D eigenvalue weighted by Crippen LogP contribution is -2.35. The van der Waals surface area contributed by atoms with Gasteiger partial charge in [-0.2, -0.15) is 10.0 Å². The molecule has 2 aromatic rings. The summed E-state index contributed by atoms with van der Waals surface area (Å²) in [6.45, 7) is 5.96. The molecule has 1 aromatic heterocycles. The minimum Gasteiger partial charge on any atom is -0.318 e. The van der Waals surface area contributed by atoms with E-state index >= 15 is 0 Å². The SMILES string of the molecule is Cc1ccccc1-n1c(C)cc(/C=C2\C(=N)N3N=C(S(C)(=O)=O)SC3=NC2=O)c1C. The molecule has 0 saturated carbocycles. The highest BCUT2D eigenvalue weighted by molar-refractivity contribution is 8.42. The number of carbonyl (C=O) groups is 1. The van der Waals surface area contributed by atoms with Gasteiger partial charge < -0.3 is 4.57 Å². The van der Waals surface area contributed by atoms with Crippen molar-refractivity contribution in [3.05, 3.63) is 58.4 Å². The molecule has 0 radical (unpaired) electrons. The highest BCUT2D eigenvalue weighted by atomic mass is 32.3. The molecule has 10 heteroatoms. The Balaban J connectivity index is 1.78. The number of rotatable bonds is 2. The molecule has 1 amide bonds. The third-order valence-electron chi connectivity index (χ3n) is 4.88. The Kier molecular flexibility index (Phi) is 4.78. The standard InChI is InChI=1S/C20H19N5O3S2/c1-11-7-5-6-8-16(11)24-12(2)9-14(13(24)3)10-15-17(21)25-19(22-18(15)26)29-20(23-25)30(4,27)28/h5-10,21H,1-4H3/b15-10+,21-17?. The molecule has 1 N–H and O–H groups in total. The molecule has 3 heterocycles. The van der Waals surface area contributed by atoms with Gasteiger partial charge in [0.05, 0.1) is 5.57 Å². The number of sulfone groups is 1. The molecular formula is C20H19N5O3S2. The van der Waals surface area contributed by atoms with Gasteiger partial charge in [-0.05, 0) is 61.9 Å². The average Bonchev–Trinajstić information content (AvgIpc) is 3.21. The van der Waals surface area contributed by atoms with E-state index in [-0.39, 0.29) is 21.0 Å². The zero-order valence-corrected chi connectivity index (χ0v) is 18.4. The van der Waals surface area contributed by atoms with Gasteiger partial charge in [0.25, 0.3) is 5.91 Å². The zero-order chi connectivity index (χ0) is 21.8. The number of aryl methyl sites for hydroxylation is 2. The average molecular weight is 442 g/mol. The van der Waals surface area contributed by atoms with Crippen LogP contribution in [-0.4, -0.2) is 45.5 Å². The van der Waals surface area contributed by atoms with Gasteiger partial charge in [-0.15, -0.1) is 5.10 Å². The molecule has 4 rings (SSSR count). The number of aliphatic imine (C=N–C) groups is 1. The van der Waals surface area contributed by atoms with Crippen LogP contribution in [0.4, 0.5) is 0 Å². The maximum absolute atomic E-state index is 12.6. The molecule has 2 aliphatic rings. The number of thioether (sulfide) groups is 1. The Morgan fingerprint density at radius 3 is 2.53 bits per heavy atom. The van der Waals surface area contributed by atoms with Crippen LogP contribution in [0.3, 0.4) is 0 Å². The number of hydrogen-bond donors (Lipinski definition) is 1. The van der Waals surface area contributed by atoms with Crippen molar-refractivity contribution in [2.45, 2.75) is 20.8 Å². The second-order valence-corrected chi connectivity index (χ2v) is 10.3. The number of fused-ring (bicyclic) bond motifs is 1. The monoisotopic (exact) mass is 441 g/mol. The number of para-hydroxylation sites is 1. The van der Waals surface area contributed by atoms with Crippen LogP contribution in [0, 0.1) is 26.2 Å². The normalized spacial score (nSPS) is 18.0. The van der Waals surface area contributed by atoms with Gasteiger partial charge in [-0.3, -0.25) is 10.2 Å². The van der Waals surface area contributed by atoms with E-state index in [1.165, 1.54) is 0 Å². The van der Waals surface area contributed by atoms with Gasteiger partial charge in [0.2, 0.25) is 19.4 Å². The van der Waals surface area contributed by atoms with Crippen LogP contribution in [0.2, 0.25) is 0 Å². The summed E-state index contributed by atoms with van der Waals surface area (Å²) in [6.07, 6.45) is 2.64. The number of amidine groups is 2. The van der Waals surface area contributed by atoms with E-state index in [4.69, 9.17) is 5.41 Å². The highest BCUT2D eigenvalue weighted by Crippen LogP contribution is 2.31. The number of benzene rings is 1. The number of nitrogens with zero attached hydrogens (tertiary/aromatic N) is 4. The van der Waals surface area contributed by atoms with Crippen molar-refractivity contribution < 1.29 is 13.2 Å². The lowest BCUT2D eigenvalue weighted by atomic mass is 10.1. The maximum Gasteiger partial charge on any atom is 0.283 e. The van der Waals surface area contributed by atoms with Crippen molar-refractivity contribution in [1.29, 1.82) is 5.41 Å². The number of aromatic nitrogens is 1. The Hall–Kier alpha value is -2.98. The predicted molar refractivity (Wildman–Crippen MR) is 120 cm³/mol. The Bertz CT molecular complexity index is 1320. The van der Waals surface area contributed by atoms with E-state index in [0.29, 0.717) is 0 Å². The first kappa shape index (κ1) is 20.3. The molecule has 0 spiro atoms. The van der Waals surface area contributed by atoms with Crippen molar-refractivity contribution in [3.63, 3.8) is 0 Å². The number of hydrazone groups is 1. The van der Waals surface area contributed by atoms with Gasteiger partial charge in [-0.1, -0.05) is 18.2 Å². The molecule has 0 atom stereocenters. The van der Waals surface area contributed by atoms with Crippen LogP contribution in [0.1, 0.15) is 22.5 Å². The van der Waals surface area contributed by atoms with Crippen LogP contribution >= 0.6 is 11.8 Å². The Morgan fingerprint density at radius 1 is 1.17 bits per heavy atom. The molecular weight excluding hydrogens is 422 g/mol. The van der Waals surface area contributed by atoms with Crippen molar-refractivity contribution in [2.75, 3.05) is 6.26 Å². The van der Waals surface area contributed by atoms with Crippen molar-refractivity contribution in [2.24, 2.45) is 10.1 Å². The van der Waals surface area contributed by atoms with E-state index in [1.54, 1.807) is 6.08 Å². The first-order valence-corrected chi connectivity index (χ1v) is 11.7. The molecule has 0 fully saturated rings. The van der Waals surface area contributed by atoms with E-state index in [1.807, 2.05) is 51.1 Å². The minimum absolute atomic E-state index is 0.0582. The summed E-state index contributed by atoms with van der Waals surface area (Å²) in [4.78, 5) is 16.5. The summed E-state index contributed by atoms with van der Waals surface area (Å²) in [7, 11) is -3.56. The molecule has 8 nitrogen and oxygen atoms in total. The lowest BCUT2D eigenvalue weighted by molar-refractivity contribution is -0.114. The van der Waals surface area contributed by atoms with Crippen molar-refractivity contribution >= 4 is 49.0 Å². The summed E-state index contributed by atoms with van der Waals surface area (Å²) in [5.41, 5.74) is 4.90. The summed E-state index contributed by atoms with van der Waals surface area (Å²) >= 11 is 0.771. The Morgan fingerprint density at radius 2 is 1.87 bits per heavy atom. The van der Waals surface area contributed by atoms with E-state index < -0.39 is 15.7 Å². The molecule has 0 aliphatic carbocycles. The van der Waals surface area contributed by atoms with Crippen LogP contribution < -0.4 is 0 Å². The fraction of sp³-hybridized carbons (Fsp3) is 0.200. The quantitative estimate of drug-likeness (QED) is 0.721. The topological polar surface area (TPSA) is 108 Å². The maximum atomic E-state index is 12.6. The van der Waals surface area contributed by atoms with Gasteiger partial charge in [0.15, 0.2) is 5.84 Å². The predicted octanol–water partition coefficient (Wildman–Crippen LogP) is 3.02. The third-order valence-corrected chi connectivity index (χ3v) is 7.46. The van der Waals surface area contributed by atoms with E-state index in [0.717, 1.165) is 51.2 Å². The lowest BCUT2D eigenvalue weighted by Gasteiger charge is -2.20. The number of hydrogen-bond acceptors (Lipinski definition) is 6. The van der Waals surface area contributed by atoms with Crippen molar-refractivity contribution in [1.82, 2.24) is 9.58 Å². The largest absolute Gasteiger partial charge is 0.318 e. The third kappa shape index (κ3) is 3.31. The molecule has 0 unspecified atom stereocenters. The fourth-order valence-corrected chi connectivity index (χ4v) is 5.08. The van der Waals surface area contributed by atoms with Gasteiger partial charge in [0, 0.05) is 23.3 Å². The summed E-state index contributed by atoms with van der Waals surface area (Å²) < 4.78 is 25.5. The van der Waals surface area contributed by atoms with Crippen molar-refractivity contribution in [3.8, 4) is 5.69 Å². The second-order valence-electron chi connectivity index (χ2n) is 7.11. The fourth-order valence-electron chi connectivity index (χ4n) is 3.40. The first-order valence-electron chi connectivity index (χ1n) is 9.03. The summed E-state index contributed by atoms with van der Waals surface area (Å²) in [5, 5.41) is 13.5. The smallest absolute Gasteiger partial charge is 0.283 e. The van der Waals surface area contributed by atoms with Crippen LogP contribution in [0.5, 0.6) is 0 Å². The molecule has 2 aliphatic heterocycles. The van der Waals surface area contributed by atoms with Crippen LogP contribution in [-0.2, 0) is 14.6 Å². The van der Waals surface area contributed by atoms with Crippen LogP contribution in [0.25, 0.3) is 11.8 Å². The molecule has 1 aromatic carbocycles. The second kappa shape index (κ2) is 7.06. The van der Waals surface area contributed by atoms with Gasteiger partial charge in [-0.25, -0.2) is 8.42 Å². The van der Waals surface area contributed by atoms with Gasteiger partial charge in [0.1, 0.15) is 0 Å². The summed E-state index contributed by atoms with van der Waals surface area (Å²) in [5.74, 6) is -0.791. The first-order chi connectivity index (χ1) is 14.1. The van der Waals surface area contributed by atoms with E-state index in [9.17, 15) is 13.2 Å². The highest BCUT2D eigenvalue weighted by Gasteiger charge is 2.38. The zero-order valence-electron chi connectivity index (χ0n) is 16.8.